The summed E-state index contributed by atoms with van der Waals surface area (Å²) in [5.74, 6) is 0. The monoisotopic (exact) mass is 513 g/mol. The SMILES string of the molecule is CN1C(=Cc2cc[n+](Cc3ccccc3)c3ccccc23)Sc2cc(-c3cc4ccccc4s3)ccc21. The van der Waals surface area contributed by atoms with Crippen LogP contribution in [0, 0.1) is 0 Å². The number of benzene rings is 4. The van der Waals surface area contributed by atoms with Gasteiger partial charge in [0, 0.05) is 39.2 Å². The average molecular weight is 514 g/mol. The molecule has 0 unspecified atom stereocenters. The maximum atomic E-state index is 2.35. The lowest BCUT2D eigenvalue weighted by Gasteiger charge is -2.14. The van der Waals surface area contributed by atoms with Crippen LogP contribution in [0.3, 0.4) is 0 Å². The molecule has 0 saturated heterocycles. The Morgan fingerprint density at radius 1 is 0.811 bits per heavy atom. The van der Waals surface area contributed by atoms with Crippen LogP contribution in [0.5, 0.6) is 0 Å². The maximum Gasteiger partial charge on any atom is 0.213 e. The molecule has 4 heteroatoms. The van der Waals surface area contributed by atoms with Gasteiger partial charge in [0.05, 0.1) is 16.1 Å². The fraction of sp³-hybridized carbons (Fsp3) is 0.0606. The third kappa shape index (κ3) is 4.12. The summed E-state index contributed by atoms with van der Waals surface area (Å²) in [6.45, 7) is 0.860. The number of hydrogen-bond acceptors (Lipinski definition) is 3. The second kappa shape index (κ2) is 9.22. The molecule has 7 rings (SSSR count). The largest absolute Gasteiger partial charge is 0.338 e. The number of nitrogens with zero attached hydrogens (tertiary/aromatic N) is 2. The van der Waals surface area contributed by atoms with Gasteiger partial charge in [0.15, 0.2) is 12.7 Å². The lowest BCUT2D eigenvalue weighted by atomic mass is 10.1. The summed E-state index contributed by atoms with van der Waals surface area (Å²) in [6.07, 6.45) is 4.55. The fourth-order valence-electron chi connectivity index (χ4n) is 5.06. The molecule has 0 N–H and O–H groups in total. The van der Waals surface area contributed by atoms with Gasteiger partial charge in [0.1, 0.15) is 0 Å². The molecule has 0 saturated carbocycles. The van der Waals surface area contributed by atoms with Crippen molar-refractivity contribution < 1.29 is 4.57 Å². The third-order valence-electron chi connectivity index (χ3n) is 7.01. The smallest absolute Gasteiger partial charge is 0.213 e. The van der Waals surface area contributed by atoms with Gasteiger partial charge in [0.25, 0.3) is 0 Å². The minimum atomic E-state index is 0.860. The summed E-state index contributed by atoms with van der Waals surface area (Å²) in [7, 11) is 2.17. The standard InChI is InChI=1S/C33H25N2S2/c1-34-29-16-15-26(31-19-25-11-5-8-14-30(25)36-31)20-32(29)37-33(34)21-24-17-18-35(22-23-9-3-2-4-10-23)28-13-7-6-12-27(24)28/h2-21H,22H2,1H3/q+1. The van der Waals surface area contributed by atoms with E-state index in [9.17, 15) is 0 Å². The zero-order valence-electron chi connectivity index (χ0n) is 20.5. The molecule has 4 aromatic carbocycles. The predicted octanol–water partition coefficient (Wildman–Crippen LogP) is 8.60. The van der Waals surface area contributed by atoms with Crippen LogP contribution in [0.1, 0.15) is 11.1 Å². The Morgan fingerprint density at radius 2 is 1.62 bits per heavy atom. The number of aromatic nitrogens is 1. The van der Waals surface area contributed by atoms with Crippen LogP contribution in [0.2, 0.25) is 0 Å². The molecule has 1 aliphatic heterocycles. The molecule has 0 atom stereocenters. The molecule has 2 aromatic heterocycles. The summed E-state index contributed by atoms with van der Waals surface area (Å²) in [5.41, 5.74) is 6.34. The number of thioether (sulfide) groups is 1. The number of anilines is 1. The normalized spacial score (nSPS) is 14.1. The summed E-state index contributed by atoms with van der Waals surface area (Å²) in [5, 5.41) is 3.83. The van der Waals surface area contributed by atoms with Gasteiger partial charge in [-0.05, 0) is 52.9 Å². The van der Waals surface area contributed by atoms with Gasteiger partial charge >= 0.3 is 0 Å². The van der Waals surface area contributed by atoms with Crippen molar-refractivity contribution in [1.82, 2.24) is 0 Å². The molecule has 3 heterocycles. The molecule has 1 aliphatic rings. The number of rotatable bonds is 4. The Kier molecular flexibility index (Phi) is 5.57. The highest BCUT2D eigenvalue weighted by Crippen LogP contribution is 2.48. The van der Waals surface area contributed by atoms with Crippen molar-refractivity contribution in [3.8, 4) is 10.4 Å². The average Bonchev–Trinajstić information content (AvgIpc) is 3.51. The van der Waals surface area contributed by atoms with Crippen molar-refractivity contribution in [2.75, 3.05) is 11.9 Å². The van der Waals surface area contributed by atoms with Gasteiger partial charge in [-0.25, -0.2) is 0 Å². The summed E-state index contributed by atoms with van der Waals surface area (Å²) in [4.78, 5) is 4.94. The topological polar surface area (TPSA) is 7.12 Å². The molecule has 6 aromatic rings. The van der Waals surface area contributed by atoms with Crippen molar-refractivity contribution in [1.29, 1.82) is 0 Å². The summed E-state index contributed by atoms with van der Waals surface area (Å²) < 4.78 is 3.67. The van der Waals surface area contributed by atoms with E-state index in [1.54, 1.807) is 0 Å². The third-order valence-corrected chi connectivity index (χ3v) is 9.32. The van der Waals surface area contributed by atoms with Gasteiger partial charge in [-0.2, -0.15) is 4.57 Å². The zero-order chi connectivity index (χ0) is 24.8. The van der Waals surface area contributed by atoms with E-state index in [4.69, 9.17) is 0 Å². The second-order valence-electron chi connectivity index (χ2n) is 9.38. The van der Waals surface area contributed by atoms with Crippen LogP contribution < -0.4 is 9.47 Å². The highest BCUT2D eigenvalue weighted by molar-refractivity contribution is 8.03. The van der Waals surface area contributed by atoms with E-state index in [0.29, 0.717) is 0 Å². The predicted molar refractivity (Wildman–Crippen MR) is 159 cm³/mol. The Labute approximate surface area is 225 Å². The molecule has 0 amide bonds. The van der Waals surface area contributed by atoms with Gasteiger partial charge in [0.2, 0.25) is 5.52 Å². The minimum absolute atomic E-state index is 0.860. The van der Waals surface area contributed by atoms with Crippen molar-refractivity contribution in [2.45, 2.75) is 11.4 Å². The first-order chi connectivity index (χ1) is 18.2. The van der Waals surface area contributed by atoms with Crippen LogP contribution in [-0.4, -0.2) is 7.05 Å². The van der Waals surface area contributed by atoms with E-state index < -0.39 is 0 Å². The molecule has 0 aliphatic carbocycles. The minimum Gasteiger partial charge on any atom is -0.338 e. The molecule has 2 nitrogen and oxygen atoms in total. The molecule has 37 heavy (non-hydrogen) atoms. The maximum absolute atomic E-state index is 2.35. The Morgan fingerprint density at radius 3 is 2.51 bits per heavy atom. The summed E-state index contributed by atoms with van der Waals surface area (Å²) in [6, 6.07) is 39.4. The van der Waals surface area contributed by atoms with Crippen LogP contribution in [-0.2, 0) is 6.54 Å². The summed E-state index contributed by atoms with van der Waals surface area (Å²) >= 11 is 3.72. The number of thiophene rings is 1. The molecular formula is C33H25N2S2+. The van der Waals surface area contributed by atoms with E-state index in [2.05, 4.69) is 138 Å². The van der Waals surface area contributed by atoms with E-state index in [1.807, 2.05) is 23.1 Å². The van der Waals surface area contributed by atoms with Crippen LogP contribution >= 0.6 is 23.1 Å². The van der Waals surface area contributed by atoms with E-state index in [0.717, 1.165) is 6.54 Å². The quantitative estimate of drug-likeness (QED) is 0.218. The van der Waals surface area contributed by atoms with Gasteiger partial charge in [-0.15, -0.1) is 11.3 Å². The lowest BCUT2D eigenvalue weighted by Crippen LogP contribution is -2.34. The van der Waals surface area contributed by atoms with Crippen molar-refractivity contribution in [2.24, 2.45) is 0 Å². The highest BCUT2D eigenvalue weighted by Gasteiger charge is 2.23. The van der Waals surface area contributed by atoms with Gasteiger partial charge in [-0.1, -0.05) is 78.5 Å². The van der Waals surface area contributed by atoms with E-state index in [1.165, 1.54) is 58.2 Å². The molecule has 0 bridgehead atoms. The van der Waals surface area contributed by atoms with Crippen molar-refractivity contribution >= 4 is 55.9 Å². The number of hydrogen-bond donors (Lipinski definition) is 0. The highest BCUT2D eigenvalue weighted by atomic mass is 32.2. The second-order valence-corrected chi connectivity index (χ2v) is 11.5. The van der Waals surface area contributed by atoms with E-state index in [-0.39, 0.29) is 0 Å². The molecular weight excluding hydrogens is 489 g/mol. The molecule has 0 spiro atoms. The number of pyridine rings is 1. The van der Waals surface area contributed by atoms with Crippen LogP contribution in [0.25, 0.3) is 37.5 Å². The Hall–Kier alpha value is -3.86. The Balaban J connectivity index is 1.23. The molecule has 0 fully saturated rings. The fourth-order valence-corrected chi connectivity index (χ4v) is 7.26. The lowest BCUT2D eigenvalue weighted by molar-refractivity contribution is -0.662. The van der Waals surface area contributed by atoms with Crippen molar-refractivity contribution in [3.05, 3.63) is 132 Å². The van der Waals surface area contributed by atoms with Crippen molar-refractivity contribution in [3.63, 3.8) is 0 Å². The number of fused-ring (bicyclic) bond motifs is 3. The molecule has 178 valence electrons. The van der Waals surface area contributed by atoms with Gasteiger partial charge < -0.3 is 4.90 Å². The molecule has 0 radical (unpaired) electrons. The van der Waals surface area contributed by atoms with Crippen LogP contribution in [0.4, 0.5) is 5.69 Å². The van der Waals surface area contributed by atoms with E-state index >= 15 is 0 Å². The zero-order valence-corrected chi connectivity index (χ0v) is 22.1. The van der Waals surface area contributed by atoms with Gasteiger partial charge in [-0.3, -0.25) is 0 Å². The number of para-hydroxylation sites is 1. The first kappa shape index (κ1) is 22.3. The van der Waals surface area contributed by atoms with Crippen LogP contribution in [0.15, 0.2) is 125 Å². The first-order valence-electron chi connectivity index (χ1n) is 12.4. The Bertz CT molecular complexity index is 1770. The first-order valence-corrected chi connectivity index (χ1v) is 14.1.